The maximum Gasteiger partial charge on any atom is 0.218 e. The molecule has 6 heteroatoms. The highest BCUT2D eigenvalue weighted by Crippen LogP contribution is 2.26. The van der Waals surface area contributed by atoms with Gasteiger partial charge in [0.25, 0.3) is 0 Å². The molecule has 0 bridgehead atoms. The number of aliphatic imine (C=N–C) groups is 1. The van der Waals surface area contributed by atoms with Crippen molar-refractivity contribution in [3.05, 3.63) is 64.5 Å². The molecule has 0 radical (unpaired) electrons. The molecular formula is C25H30N2O4. The first-order valence-corrected chi connectivity index (χ1v) is 11.0. The van der Waals surface area contributed by atoms with Gasteiger partial charge in [-0.2, -0.15) is 0 Å². The van der Waals surface area contributed by atoms with Crippen LogP contribution in [0.3, 0.4) is 0 Å². The Morgan fingerprint density at radius 2 is 2.00 bits per heavy atom. The van der Waals surface area contributed by atoms with Crippen LogP contribution in [0.25, 0.3) is 0 Å². The van der Waals surface area contributed by atoms with E-state index in [0.29, 0.717) is 31.9 Å². The third-order valence-electron chi connectivity index (χ3n) is 5.88. The van der Waals surface area contributed by atoms with E-state index in [-0.39, 0.29) is 17.8 Å². The molecule has 31 heavy (non-hydrogen) atoms. The fraction of sp³-hybridized carbons (Fsp3) is 0.480. The van der Waals surface area contributed by atoms with Crippen molar-refractivity contribution < 1.29 is 19.0 Å². The van der Waals surface area contributed by atoms with Crippen molar-refractivity contribution >= 4 is 11.7 Å². The minimum absolute atomic E-state index is 0.0528. The zero-order valence-corrected chi connectivity index (χ0v) is 18.3. The van der Waals surface area contributed by atoms with Gasteiger partial charge < -0.3 is 14.2 Å². The Morgan fingerprint density at radius 1 is 1.23 bits per heavy atom. The van der Waals surface area contributed by atoms with E-state index in [0.717, 1.165) is 54.1 Å². The average Bonchev–Trinajstić information content (AvgIpc) is 3.18. The van der Waals surface area contributed by atoms with E-state index in [1.807, 2.05) is 43.3 Å². The summed E-state index contributed by atoms with van der Waals surface area (Å²) in [5.41, 5.74) is 4.88. The maximum atomic E-state index is 12.8. The molecule has 0 unspecified atom stereocenters. The van der Waals surface area contributed by atoms with Crippen molar-refractivity contribution in [2.24, 2.45) is 4.99 Å². The molecular weight excluding hydrogens is 392 g/mol. The van der Waals surface area contributed by atoms with E-state index >= 15 is 0 Å². The summed E-state index contributed by atoms with van der Waals surface area (Å²) in [4.78, 5) is 22.2. The summed E-state index contributed by atoms with van der Waals surface area (Å²) in [5.74, 6) is 0.904. The van der Waals surface area contributed by atoms with Gasteiger partial charge in [-0.3, -0.25) is 9.78 Å². The number of carbonyl (C=O) groups is 1. The van der Waals surface area contributed by atoms with E-state index in [1.54, 1.807) is 7.11 Å². The molecule has 4 rings (SSSR count). The summed E-state index contributed by atoms with van der Waals surface area (Å²) < 4.78 is 16.9. The second kappa shape index (κ2) is 10.2. The minimum atomic E-state index is 0.0528. The van der Waals surface area contributed by atoms with Crippen molar-refractivity contribution in [1.82, 2.24) is 4.98 Å². The number of methoxy groups -OCH3 is 1. The standard InChI is InChI=1S/C25H30N2O4/c1-17-24-19(15-26-25(24)31-23-8-10-30-11-9-23)12-21(27-17)14-22(28)13-20(16-29-2)18-6-4-3-5-7-18/h3-7,12,20,23H,8-11,13-16H2,1-2H3/t20-/m1/s1. The first-order chi connectivity index (χ1) is 15.1. The average molecular weight is 423 g/mol. The number of hydrogen-bond donors (Lipinski definition) is 0. The van der Waals surface area contributed by atoms with E-state index < -0.39 is 0 Å². The van der Waals surface area contributed by atoms with Gasteiger partial charge in [-0.15, -0.1) is 0 Å². The molecule has 1 atom stereocenters. The number of pyridine rings is 1. The summed E-state index contributed by atoms with van der Waals surface area (Å²) in [6.45, 7) is 4.53. The van der Waals surface area contributed by atoms with E-state index in [2.05, 4.69) is 4.99 Å². The topological polar surface area (TPSA) is 70.0 Å². The van der Waals surface area contributed by atoms with Crippen LogP contribution in [0.1, 0.15) is 53.3 Å². The van der Waals surface area contributed by atoms with Gasteiger partial charge in [0.2, 0.25) is 5.90 Å². The molecule has 164 valence electrons. The van der Waals surface area contributed by atoms with Crippen LogP contribution in [0.15, 0.2) is 41.4 Å². The zero-order chi connectivity index (χ0) is 21.6. The van der Waals surface area contributed by atoms with Crippen LogP contribution < -0.4 is 0 Å². The van der Waals surface area contributed by atoms with E-state index in [1.165, 1.54) is 0 Å². The minimum Gasteiger partial charge on any atom is -0.474 e. The van der Waals surface area contributed by atoms with Crippen LogP contribution in [0.2, 0.25) is 0 Å². The number of fused-ring (bicyclic) bond motifs is 1. The number of ether oxygens (including phenoxy) is 3. The maximum absolute atomic E-state index is 12.8. The van der Waals surface area contributed by atoms with Crippen molar-refractivity contribution in [2.45, 2.75) is 51.2 Å². The van der Waals surface area contributed by atoms with Gasteiger partial charge in [0.1, 0.15) is 11.9 Å². The molecule has 0 spiro atoms. The van der Waals surface area contributed by atoms with Gasteiger partial charge in [0.05, 0.1) is 37.6 Å². The quantitative estimate of drug-likeness (QED) is 0.648. The predicted molar refractivity (Wildman–Crippen MR) is 119 cm³/mol. The predicted octanol–water partition coefficient (Wildman–Crippen LogP) is 3.78. The molecule has 0 saturated carbocycles. The fourth-order valence-corrected chi connectivity index (χ4v) is 4.35. The zero-order valence-electron chi connectivity index (χ0n) is 18.3. The number of ketones is 1. The second-order valence-electron chi connectivity index (χ2n) is 8.27. The molecule has 2 aliphatic rings. The second-order valence-corrected chi connectivity index (χ2v) is 8.27. The summed E-state index contributed by atoms with van der Waals surface area (Å²) in [5, 5.41) is 0. The normalized spacial score (nSPS) is 17.2. The van der Waals surface area contributed by atoms with Crippen molar-refractivity contribution in [2.75, 3.05) is 26.9 Å². The molecule has 2 aliphatic heterocycles. The number of Topliss-reactive ketones (excluding diaryl/α,β-unsaturated/α-hetero) is 1. The van der Waals surface area contributed by atoms with Gasteiger partial charge in [0, 0.05) is 44.4 Å². The van der Waals surface area contributed by atoms with Gasteiger partial charge in [-0.05, 0) is 24.1 Å². The smallest absolute Gasteiger partial charge is 0.218 e. The molecule has 1 aromatic carbocycles. The molecule has 0 N–H and O–H groups in total. The van der Waals surface area contributed by atoms with E-state index in [4.69, 9.17) is 19.2 Å². The number of hydrogen-bond acceptors (Lipinski definition) is 6. The summed E-state index contributed by atoms with van der Waals surface area (Å²) >= 11 is 0. The lowest BCUT2D eigenvalue weighted by Crippen LogP contribution is -2.26. The van der Waals surface area contributed by atoms with Crippen molar-refractivity contribution in [3.8, 4) is 0 Å². The highest BCUT2D eigenvalue weighted by molar-refractivity contribution is 5.99. The molecule has 0 aliphatic carbocycles. The van der Waals surface area contributed by atoms with Gasteiger partial charge in [-0.25, -0.2) is 4.99 Å². The molecule has 1 aromatic heterocycles. The monoisotopic (exact) mass is 422 g/mol. The lowest BCUT2D eigenvalue weighted by atomic mass is 9.93. The fourth-order valence-electron chi connectivity index (χ4n) is 4.35. The molecule has 6 nitrogen and oxygen atoms in total. The largest absolute Gasteiger partial charge is 0.474 e. The number of nitrogens with zero attached hydrogens (tertiary/aromatic N) is 2. The molecule has 3 heterocycles. The first-order valence-electron chi connectivity index (χ1n) is 11.0. The summed E-state index contributed by atoms with van der Waals surface area (Å²) in [7, 11) is 1.67. The van der Waals surface area contributed by atoms with Crippen LogP contribution in [-0.4, -0.2) is 49.7 Å². The van der Waals surface area contributed by atoms with Crippen LogP contribution in [0, 0.1) is 6.92 Å². The molecule has 1 saturated heterocycles. The Bertz CT molecular complexity index is 936. The number of carbonyl (C=O) groups excluding carboxylic acids is 1. The number of rotatable bonds is 8. The highest BCUT2D eigenvalue weighted by atomic mass is 16.5. The Balaban J connectivity index is 1.42. The summed E-state index contributed by atoms with van der Waals surface area (Å²) in [6, 6.07) is 12.1. The van der Waals surface area contributed by atoms with Gasteiger partial charge >= 0.3 is 0 Å². The SMILES string of the molecule is COC[C@@H](CC(=O)Cc1cc2c(c(C)n1)C(OC1CCOCC1)=NC2)c1ccccc1. The Hall–Kier alpha value is -2.57. The lowest BCUT2D eigenvalue weighted by Gasteiger charge is -2.23. The number of aryl methyl sites for hydroxylation is 1. The molecule has 0 amide bonds. The van der Waals surface area contributed by atoms with Gasteiger partial charge in [0.15, 0.2) is 0 Å². The third kappa shape index (κ3) is 5.38. The van der Waals surface area contributed by atoms with Gasteiger partial charge in [-0.1, -0.05) is 30.3 Å². The van der Waals surface area contributed by atoms with E-state index in [9.17, 15) is 4.79 Å². The molecule has 2 aromatic rings. The Morgan fingerprint density at radius 3 is 2.74 bits per heavy atom. The van der Waals surface area contributed by atoms with Crippen LogP contribution in [-0.2, 0) is 32.0 Å². The van der Waals surface area contributed by atoms with Crippen LogP contribution >= 0.6 is 0 Å². The summed E-state index contributed by atoms with van der Waals surface area (Å²) in [6.07, 6.45) is 2.67. The van der Waals surface area contributed by atoms with Crippen LogP contribution in [0.4, 0.5) is 0 Å². The Labute approximate surface area is 183 Å². The highest BCUT2D eigenvalue weighted by Gasteiger charge is 2.26. The third-order valence-corrected chi connectivity index (χ3v) is 5.88. The first kappa shape index (κ1) is 21.7. The van der Waals surface area contributed by atoms with Crippen LogP contribution in [0.5, 0.6) is 0 Å². The van der Waals surface area contributed by atoms with Crippen molar-refractivity contribution in [3.63, 3.8) is 0 Å². The molecule has 1 fully saturated rings. The number of aromatic nitrogens is 1. The number of benzene rings is 1. The Kier molecular flexibility index (Phi) is 7.10. The lowest BCUT2D eigenvalue weighted by molar-refractivity contribution is -0.119. The van der Waals surface area contributed by atoms with Crippen molar-refractivity contribution in [1.29, 1.82) is 0 Å².